The molecule has 0 spiro atoms. The molecule has 1 unspecified atom stereocenters. The summed E-state index contributed by atoms with van der Waals surface area (Å²) in [4.78, 5) is 13.1. The second-order valence-electron chi connectivity index (χ2n) is 7.90. The molecule has 3 aromatic carbocycles. The number of ether oxygens (including phenoxy) is 1. The van der Waals surface area contributed by atoms with E-state index in [2.05, 4.69) is 11.4 Å². The Kier molecular flexibility index (Phi) is 7.76. The maximum atomic E-state index is 13.4. The summed E-state index contributed by atoms with van der Waals surface area (Å²) in [5.41, 5.74) is 3.59. The molecule has 0 radical (unpaired) electrons. The van der Waals surface area contributed by atoms with Gasteiger partial charge in [0.25, 0.3) is 10.0 Å². The van der Waals surface area contributed by atoms with Gasteiger partial charge in [-0.05, 0) is 75.2 Å². The highest BCUT2D eigenvalue weighted by Crippen LogP contribution is 2.26. The van der Waals surface area contributed by atoms with Crippen molar-refractivity contribution in [3.63, 3.8) is 0 Å². The van der Waals surface area contributed by atoms with Crippen LogP contribution in [0.3, 0.4) is 0 Å². The second-order valence-corrected chi connectivity index (χ2v) is 9.76. The highest BCUT2D eigenvalue weighted by molar-refractivity contribution is 7.92. The lowest BCUT2D eigenvalue weighted by molar-refractivity contribution is -0.120. The first-order valence-corrected chi connectivity index (χ1v) is 12.3. The largest absolute Gasteiger partial charge is 0.494 e. The van der Waals surface area contributed by atoms with E-state index in [9.17, 15) is 13.2 Å². The molecule has 0 aromatic heterocycles. The molecule has 33 heavy (non-hydrogen) atoms. The molecule has 6 nitrogen and oxygen atoms in total. The first kappa shape index (κ1) is 24.3. The van der Waals surface area contributed by atoms with Crippen LogP contribution < -0.4 is 14.4 Å². The molecule has 0 saturated carbocycles. The van der Waals surface area contributed by atoms with Gasteiger partial charge in [0, 0.05) is 0 Å². The van der Waals surface area contributed by atoms with Crippen LogP contribution in [0.5, 0.6) is 5.75 Å². The van der Waals surface area contributed by atoms with Crippen LogP contribution in [0.15, 0.2) is 77.7 Å². The number of aryl methyl sites for hydroxylation is 2. The van der Waals surface area contributed by atoms with Crippen LogP contribution in [-0.2, 0) is 14.8 Å². The maximum absolute atomic E-state index is 13.4. The normalized spacial score (nSPS) is 12.1. The van der Waals surface area contributed by atoms with E-state index in [1.54, 1.807) is 42.5 Å². The number of sulfonamides is 1. The Morgan fingerprint density at radius 2 is 1.67 bits per heavy atom. The number of carbonyl (C=O) groups excluding carboxylic acids is 1. The molecule has 0 saturated heterocycles. The summed E-state index contributed by atoms with van der Waals surface area (Å²) in [7, 11) is -3.96. The fourth-order valence-electron chi connectivity index (χ4n) is 3.72. The van der Waals surface area contributed by atoms with E-state index in [1.807, 2.05) is 39.8 Å². The van der Waals surface area contributed by atoms with Gasteiger partial charge < -0.3 is 10.1 Å². The van der Waals surface area contributed by atoms with Crippen LogP contribution in [0.25, 0.3) is 0 Å². The predicted octanol–water partition coefficient (Wildman–Crippen LogP) is 4.77. The third kappa shape index (κ3) is 5.93. The van der Waals surface area contributed by atoms with E-state index in [0.29, 0.717) is 18.0 Å². The lowest BCUT2D eigenvalue weighted by Gasteiger charge is -2.25. The summed E-state index contributed by atoms with van der Waals surface area (Å²) in [6.07, 6.45) is 0. The summed E-state index contributed by atoms with van der Waals surface area (Å²) in [5.74, 6) is 0.238. The number of hydrogen-bond donors (Lipinski definition) is 1. The Balaban J connectivity index is 1.88. The summed E-state index contributed by atoms with van der Waals surface area (Å²) in [6, 6.07) is 20.6. The van der Waals surface area contributed by atoms with Gasteiger partial charge in [-0.3, -0.25) is 9.10 Å². The van der Waals surface area contributed by atoms with E-state index >= 15 is 0 Å². The van der Waals surface area contributed by atoms with E-state index in [-0.39, 0.29) is 17.5 Å². The molecule has 1 N–H and O–H groups in total. The van der Waals surface area contributed by atoms with Gasteiger partial charge >= 0.3 is 0 Å². The van der Waals surface area contributed by atoms with Crippen molar-refractivity contribution in [2.75, 3.05) is 17.5 Å². The Morgan fingerprint density at radius 1 is 1.00 bits per heavy atom. The standard InChI is InChI=1S/C26H30N2O4S/c1-5-32-23-14-12-22(13-15-23)28(33(30,31)24-9-7-6-8-10-24)18-26(29)27-21(4)25-16-11-19(2)17-20(25)3/h6-17,21H,5,18H2,1-4H3,(H,27,29). The lowest BCUT2D eigenvalue weighted by atomic mass is 10.0. The van der Waals surface area contributed by atoms with Crippen molar-refractivity contribution in [2.24, 2.45) is 0 Å². The zero-order chi connectivity index (χ0) is 24.0. The van der Waals surface area contributed by atoms with E-state index in [1.165, 1.54) is 12.1 Å². The Labute approximate surface area is 196 Å². The van der Waals surface area contributed by atoms with E-state index < -0.39 is 15.9 Å². The van der Waals surface area contributed by atoms with Crippen molar-refractivity contribution in [3.8, 4) is 5.75 Å². The fraction of sp³-hybridized carbons (Fsp3) is 0.269. The molecule has 0 fully saturated rings. The summed E-state index contributed by atoms with van der Waals surface area (Å²) < 4.78 is 33.5. The number of benzene rings is 3. The zero-order valence-electron chi connectivity index (χ0n) is 19.4. The average Bonchev–Trinajstić information content (AvgIpc) is 2.78. The minimum absolute atomic E-state index is 0.120. The molecular formula is C26H30N2O4S. The highest BCUT2D eigenvalue weighted by Gasteiger charge is 2.27. The Hall–Kier alpha value is -3.32. The third-order valence-electron chi connectivity index (χ3n) is 5.32. The minimum Gasteiger partial charge on any atom is -0.494 e. The van der Waals surface area contributed by atoms with Crippen molar-refractivity contribution in [2.45, 2.75) is 38.6 Å². The van der Waals surface area contributed by atoms with Crippen LogP contribution in [-0.4, -0.2) is 27.5 Å². The molecule has 1 atom stereocenters. The smallest absolute Gasteiger partial charge is 0.264 e. The van der Waals surface area contributed by atoms with Gasteiger partial charge in [0.2, 0.25) is 5.91 Å². The molecule has 1 amide bonds. The molecule has 0 aliphatic rings. The SMILES string of the molecule is CCOc1ccc(N(CC(=O)NC(C)c2ccc(C)cc2C)S(=O)(=O)c2ccccc2)cc1. The number of rotatable bonds is 9. The molecule has 3 aromatic rings. The van der Waals surface area contributed by atoms with Crippen LogP contribution in [0.1, 0.15) is 36.6 Å². The van der Waals surface area contributed by atoms with Crippen molar-refractivity contribution in [1.82, 2.24) is 5.32 Å². The predicted molar refractivity (Wildman–Crippen MR) is 131 cm³/mol. The number of amides is 1. The van der Waals surface area contributed by atoms with Crippen LogP contribution >= 0.6 is 0 Å². The Bertz CT molecular complexity index is 1190. The number of anilines is 1. The number of nitrogens with one attached hydrogen (secondary N) is 1. The van der Waals surface area contributed by atoms with Gasteiger partial charge in [0.15, 0.2) is 0 Å². The van der Waals surface area contributed by atoms with Gasteiger partial charge in [-0.1, -0.05) is 42.0 Å². The Morgan fingerprint density at radius 3 is 2.27 bits per heavy atom. The second kappa shape index (κ2) is 10.5. The van der Waals surface area contributed by atoms with Gasteiger partial charge in [-0.15, -0.1) is 0 Å². The van der Waals surface area contributed by atoms with Crippen LogP contribution in [0.4, 0.5) is 5.69 Å². The molecule has 0 aliphatic carbocycles. The first-order chi connectivity index (χ1) is 15.7. The van der Waals surface area contributed by atoms with Gasteiger partial charge in [-0.25, -0.2) is 8.42 Å². The third-order valence-corrected chi connectivity index (χ3v) is 7.11. The monoisotopic (exact) mass is 466 g/mol. The first-order valence-electron chi connectivity index (χ1n) is 10.9. The fourth-order valence-corrected chi connectivity index (χ4v) is 5.16. The van der Waals surface area contributed by atoms with Crippen LogP contribution in [0.2, 0.25) is 0 Å². The molecule has 7 heteroatoms. The quantitative estimate of drug-likeness (QED) is 0.493. The minimum atomic E-state index is -3.96. The summed E-state index contributed by atoms with van der Waals surface area (Å²) in [5, 5.41) is 2.94. The number of hydrogen-bond acceptors (Lipinski definition) is 4. The molecule has 3 rings (SSSR count). The van der Waals surface area contributed by atoms with E-state index in [0.717, 1.165) is 21.0 Å². The topological polar surface area (TPSA) is 75.7 Å². The van der Waals surface area contributed by atoms with Gasteiger partial charge in [-0.2, -0.15) is 0 Å². The van der Waals surface area contributed by atoms with Crippen LogP contribution in [0, 0.1) is 13.8 Å². The highest BCUT2D eigenvalue weighted by atomic mass is 32.2. The molecule has 0 bridgehead atoms. The summed E-state index contributed by atoms with van der Waals surface area (Å²) >= 11 is 0. The van der Waals surface area contributed by atoms with Gasteiger partial charge in [0.05, 0.1) is 23.2 Å². The maximum Gasteiger partial charge on any atom is 0.264 e. The molecular weight excluding hydrogens is 436 g/mol. The molecule has 0 heterocycles. The number of nitrogens with zero attached hydrogens (tertiary/aromatic N) is 1. The van der Waals surface area contributed by atoms with Crippen molar-refractivity contribution in [1.29, 1.82) is 0 Å². The van der Waals surface area contributed by atoms with Gasteiger partial charge in [0.1, 0.15) is 12.3 Å². The molecule has 174 valence electrons. The average molecular weight is 467 g/mol. The van der Waals surface area contributed by atoms with Crippen molar-refractivity contribution in [3.05, 3.63) is 89.5 Å². The van der Waals surface area contributed by atoms with Crippen molar-refractivity contribution >= 4 is 21.6 Å². The molecule has 0 aliphatic heterocycles. The van der Waals surface area contributed by atoms with Crippen molar-refractivity contribution < 1.29 is 17.9 Å². The lowest BCUT2D eigenvalue weighted by Crippen LogP contribution is -2.41. The number of carbonyl (C=O) groups is 1. The summed E-state index contributed by atoms with van der Waals surface area (Å²) in [6.45, 7) is 7.94. The van der Waals surface area contributed by atoms with E-state index in [4.69, 9.17) is 4.74 Å². The zero-order valence-corrected chi connectivity index (χ0v) is 20.2.